The molecule has 2 nitrogen and oxygen atoms in total. The van der Waals surface area contributed by atoms with Crippen molar-refractivity contribution in [2.24, 2.45) is 0 Å². The van der Waals surface area contributed by atoms with Gasteiger partial charge >= 0.3 is 0 Å². The highest BCUT2D eigenvalue weighted by Crippen LogP contribution is 2.40. The largest absolute Gasteiger partial charge is 0.436 e. The second-order valence-corrected chi connectivity index (χ2v) is 10.3. The lowest BCUT2D eigenvalue weighted by atomic mass is 9.86. The van der Waals surface area contributed by atoms with Crippen LogP contribution in [0.1, 0.15) is 26.3 Å². The molecule has 0 spiro atoms. The van der Waals surface area contributed by atoms with Crippen LogP contribution in [0.15, 0.2) is 89.3 Å². The molecule has 6 rings (SSSR count). The van der Waals surface area contributed by atoms with E-state index >= 15 is 0 Å². The zero-order valence-corrected chi connectivity index (χ0v) is 19.2. The van der Waals surface area contributed by atoms with Crippen molar-refractivity contribution in [3.05, 3.63) is 90.5 Å². The molecule has 0 amide bonds. The normalized spacial score (nSPS) is 12.2. The molecule has 6 aromatic rings. The van der Waals surface area contributed by atoms with Crippen LogP contribution in [0.5, 0.6) is 0 Å². The van der Waals surface area contributed by atoms with Gasteiger partial charge in [-0.2, -0.15) is 0 Å². The summed E-state index contributed by atoms with van der Waals surface area (Å²) in [5, 5.41) is 2.65. The first kappa shape index (κ1) is 19.3. The summed E-state index contributed by atoms with van der Waals surface area (Å²) in [5.41, 5.74) is 6.44. The summed E-state index contributed by atoms with van der Waals surface area (Å²) >= 11 is 1.86. The van der Waals surface area contributed by atoms with Gasteiger partial charge in [0.15, 0.2) is 5.58 Å². The van der Waals surface area contributed by atoms with Crippen LogP contribution in [0.3, 0.4) is 0 Å². The molecule has 0 saturated carbocycles. The third-order valence-corrected chi connectivity index (χ3v) is 7.29. The lowest BCUT2D eigenvalue weighted by Gasteiger charge is -2.18. The second kappa shape index (κ2) is 7.04. The van der Waals surface area contributed by atoms with Gasteiger partial charge in [-0.05, 0) is 40.8 Å². The fourth-order valence-electron chi connectivity index (χ4n) is 4.43. The van der Waals surface area contributed by atoms with Gasteiger partial charge in [-0.25, -0.2) is 4.98 Å². The average Bonchev–Trinajstić information content (AvgIpc) is 3.40. The number of oxazole rings is 1. The monoisotopic (exact) mass is 433 g/mol. The predicted octanol–water partition coefficient (Wildman–Crippen LogP) is 8.83. The number of para-hydroxylation sites is 1. The predicted molar refractivity (Wildman–Crippen MR) is 136 cm³/mol. The van der Waals surface area contributed by atoms with E-state index in [9.17, 15) is 0 Å². The van der Waals surface area contributed by atoms with Crippen molar-refractivity contribution in [2.75, 3.05) is 0 Å². The minimum Gasteiger partial charge on any atom is -0.436 e. The fraction of sp³-hybridized carbons (Fsp3) is 0.138. The first-order valence-corrected chi connectivity index (χ1v) is 11.7. The van der Waals surface area contributed by atoms with E-state index in [4.69, 9.17) is 9.40 Å². The number of hydrogen-bond donors (Lipinski definition) is 0. The van der Waals surface area contributed by atoms with Crippen molar-refractivity contribution in [1.82, 2.24) is 4.98 Å². The summed E-state index contributed by atoms with van der Waals surface area (Å²) < 4.78 is 8.92. The lowest BCUT2D eigenvalue weighted by molar-refractivity contribution is 0.561. The molecule has 3 heteroatoms. The fourth-order valence-corrected chi connectivity index (χ4v) is 5.67. The number of nitrogens with zero attached hydrogens (tertiary/aromatic N) is 1. The SMILES string of the molecule is CC(C)(C)c1cccc2nc(-c3ccc(-c4cccc5c4sc4ccccc45)cc3)oc12. The number of fused-ring (bicyclic) bond motifs is 4. The van der Waals surface area contributed by atoms with Gasteiger partial charge in [-0.3, -0.25) is 0 Å². The Balaban J connectivity index is 1.44. The van der Waals surface area contributed by atoms with E-state index in [1.54, 1.807) is 0 Å². The Morgan fingerprint density at radius 3 is 2.25 bits per heavy atom. The van der Waals surface area contributed by atoms with E-state index in [-0.39, 0.29) is 5.41 Å². The zero-order valence-electron chi connectivity index (χ0n) is 18.3. The van der Waals surface area contributed by atoms with Crippen molar-refractivity contribution in [3.8, 4) is 22.6 Å². The molecule has 0 N–H and O–H groups in total. The summed E-state index contributed by atoms with van der Waals surface area (Å²) in [6.45, 7) is 6.61. The molecule has 0 aliphatic rings. The van der Waals surface area contributed by atoms with E-state index in [0.29, 0.717) is 5.89 Å². The van der Waals surface area contributed by atoms with Crippen LogP contribution < -0.4 is 0 Å². The highest BCUT2D eigenvalue weighted by Gasteiger charge is 2.21. The highest BCUT2D eigenvalue weighted by molar-refractivity contribution is 7.26. The third kappa shape index (κ3) is 3.04. The Morgan fingerprint density at radius 1 is 0.719 bits per heavy atom. The van der Waals surface area contributed by atoms with Gasteiger partial charge in [-0.1, -0.05) is 81.4 Å². The Hall–Kier alpha value is -3.43. The molecule has 0 aliphatic heterocycles. The first-order chi connectivity index (χ1) is 15.5. The minimum absolute atomic E-state index is 0.00308. The second-order valence-electron chi connectivity index (χ2n) is 9.28. The molecule has 32 heavy (non-hydrogen) atoms. The van der Waals surface area contributed by atoms with Gasteiger partial charge < -0.3 is 4.42 Å². The molecule has 156 valence electrons. The van der Waals surface area contributed by atoms with Crippen LogP contribution >= 0.6 is 11.3 Å². The molecule has 0 fully saturated rings. The summed E-state index contributed by atoms with van der Waals surface area (Å²) in [4.78, 5) is 4.77. The van der Waals surface area contributed by atoms with Crippen LogP contribution in [0.25, 0.3) is 53.9 Å². The van der Waals surface area contributed by atoms with Crippen molar-refractivity contribution >= 4 is 42.6 Å². The maximum atomic E-state index is 6.26. The maximum Gasteiger partial charge on any atom is 0.227 e. The van der Waals surface area contributed by atoms with Gasteiger partial charge in [-0.15, -0.1) is 11.3 Å². The van der Waals surface area contributed by atoms with E-state index in [2.05, 4.69) is 99.6 Å². The number of benzene rings is 4. The molecular formula is C29H23NOS. The molecule has 4 aromatic carbocycles. The Morgan fingerprint density at radius 2 is 1.44 bits per heavy atom. The van der Waals surface area contributed by atoms with Crippen LogP contribution in [0, 0.1) is 0 Å². The topological polar surface area (TPSA) is 26.0 Å². The first-order valence-electron chi connectivity index (χ1n) is 10.9. The zero-order chi connectivity index (χ0) is 21.9. The van der Waals surface area contributed by atoms with Gasteiger partial charge in [0.25, 0.3) is 0 Å². The smallest absolute Gasteiger partial charge is 0.227 e. The van der Waals surface area contributed by atoms with Gasteiger partial charge in [0, 0.05) is 31.3 Å². The number of rotatable bonds is 2. The van der Waals surface area contributed by atoms with Crippen LogP contribution in [-0.4, -0.2) is 4.98 Å². The lowest BCUT2D eigenvalue weighted by Crippen LogP contribution is -2.10. The van der Waals surface area contributed by atoms with Gasteiger partial charge in [0.1, 0.15) is 5.52 Å². The van der Waals surface area contributed by atoms with Crippen LogP contribution in [0.4, 0.5) is 0 Å². The van der Waals surface area contributed by atoms with E-state index in [0.717, 1.165) is 16.7 Å². The summed E-state index contributed by atoms with van der Waals surface area (Å²) in [5.74, 6) is 0.670. The van der Waals surface area contributed by atoms with Crippen LogP contribution in [0.2, 0.25) is 0 Å². The summed E-state index contributed by atoms with van der Waals surface area (Å²) in [6, 6.07) is 30.0. The molecule has 0 saturated heterocycles. The summed E-state index contributed by atoms with van der Waals surface area (Å²) in [6.07, 6.45) is 0. The molecule has 2 aromatic heterocycles. The molecule has 0 atom stereocenters. The van der Waals surface area contributed by atoms with Gasteiger partial charge in [0.2, 0.25) is 5.89 Å². The van der Waals surface area contributed by atoms with E-state index in [1.165, 1.54) is 36.9 Å². The number of aromatic nitrogens is 1. The van der Waals surface area contributed by atoms with E-state index < -0.39 is 0 Å². The van der Waals surface area contributed by atoms with Gasteiger partial charge in [0.05, 0.1) is 0 Å². The maximum absolute atomic E-state index is 6.26. The highest BCUT2D eigenvalue weighted by atomic mass is 32.1. The molecule has 0 unspecified atom stereocenters. The average molecular weight is 434 g/mol. The third-order valence-electron chi connectivity index (χ3n) is 6.07. The molecular weight excluding hydrogens is 410 g/mol. The van der Waals surface area contributed by atoms with Crippen LogP contribution in [-0.2, 0) is 5.41 Å². The standard InChI is InChI=1S/C29H23NOS/c1-29(2,3)23-11-7-12-24-26(23)31-28(30-24)19-16-14-18(15-17-19)20-9-6-10-22-21-8-4-5-13-25(21)32-27(20)22/h4-17H,1-3H3. The van der Waals surface area contributed by atoms with Crippen molar-refractivity contribution in [1.29, 1.82) is 0 Å². The van der Waals surface area contributed by atoms with Crippen molar-refractivity contribution < 1.29 is 4.42 Å². The Kier molecular flexibility index (Phi) is 4.24. The molecule has 0 radical (unpaired) electrons. The van der Waals surface area contributed by atoms with Crippen molar-refractivity contribution in [2.45, 2.75) is 26.2 Å². The molecule has 2 heterocycles. The Bertz CT molecular complexity index is 1600. The van der Waals surface area contributed by atoms with E-state index in [1.807, 2.05) is 17.4 Å². The Labute approximate surface area is 191 Å². The molecule has 0 bridgehead atoms. The number of thiophene rings is 1. The number of hydrogen-bond acceptors (Lipinski definition) is 3. The minimum atomic E-state index is 0.00308. The molecule has 0 aliphatic carbocycles. The summed E-state index contributed by atoms with van der Waals surface area (Å²) in [7, 11) is 0. The van der Waals surface area contributed by atoms with Crippen molar-refractivity contribution in [3.63, 3.8) is 0 Å². The quantitative estimate of drug-likeness (QED) is 0.273.